The van der Waals surface area contributed by atoms with E-state index >= 15 is 0 Å². The summed E-state index contributed by atoms with van der Waals surface area (Å²) in [6, 6.07) is 0. The van der Waals surface area contributed by atoms with Crippen molar-refractivity contribution in [3.05, 3.63) is 11.9 Å². The molecule has 1 fully saturated rings. The summed E-state index contributed by atoms with van der Waals surface area (Å²) in [5, 5.41) is 18.3. The summed E-state index contributed by atoms with van der Waals surface area (Å²) in [6.45, 7) is 4.70. The molecule has 0 aromatic carbocycles. The molecule has 1 aliphatic carbocycles. The summed E-state index contributed by atoms with van der Waals surface area (Å²) < 4.78 is 1.78. The zero-order valence-corrected chi connectivity index (χ0v) is 14.2. The van der Waals surface area contributed by atoms with E-state index in [0.717, 1.165) is 44.0 Å². The molecule has 0 amide bonds. The fourth-order valence-electron chi connectivity index (χ4n) is 3.40. The largest absolute Gasteiger partial charge is 0.391 e. The third-order valence-electron chi connectivity index (χ3n) is 4.60. The molecule has 0 saturated heterocycles. The Morgan fingerprint density at radius 3 is 2.86 bits per heavy atom. The van der Waals surface area contributed by atoms with Crippen molar-refractivity contribution in [2.45, 2.75) is 77.5 Å². The van der Waals surface area contributed by atoms with Gasteiger partial charge in [0.2, 0.25) is 0 Å². The molecule has 1 heterocycles. The van der Waals surface area contributed by atoms with E-state index in [1.807, 2.05) is 6.20 Å². The third kappa shape index (κ3) is 6.05. The van der Waals surface area contributed by atoms with Crippen molar-refractivity contribution in [2.24, 2.45) is 5.92 Å². The Kier molecular flexibility index (Phi) is 7.33. The fourth-order valence-corrected chi connectivity index (χ4v) is 3.40. The second-order valence-corrected chi connectivity index (χ2v) is 6.93. The van der Waals surface area contributed by atoms with Crippen molar-refractivity contribution in [3.63, 3.8) is 0 Å². The fraction of sp³-hybridized carbons (Fsp3) is 0.882. The zero-order valence-electron chi connectivity index (χ0n) is 14.2. The predicted molar refractivity (Wildman–Crippen MR) is 88.5 cm³/mol. The molecule has 1 saturated carbocycles. The smallest absolute Gasteiger partial charge is 0.0967 e. The molecule has 1 aromatic heterocycles. The van der Waals surface area contributed by atoms with Crippen LogP contribution in [0.2, 0.25) is 0 Å². The van der Waals surface area contributed by atoms with Crippen LogP contribution in [0.15, 0.2) is 6.20 Å². The number of aliphatic hydroxyl groups is 1. The molecule has 0 spiro atoms. The Balaban J connectivity index is 1.73. The summed E-state index contributed by atoms with van der Waals surface area (Å²) >= 11 is 0. The summed E-state index contributed by atoms with van der Waals surface area (Å²) in [5.41, 5.74) is 1.00. The Morgan fingerprint density at radius 1 is 1.36 bits per heavy atom. The Morgan fingerprint density at radius 2 is 2.14 bits per heavy atom. The van der Waals surface area contributed by atoms with E-state index in [9.17, 15) is 5.11 Å². The highest BCUT2D eigenvalue weighted by Gasteiger charge is 2.16. The lowest BCUT2D eigenvalue weighted by atomic mass is 9.89. The second kappa shape index (κ2) is 9.26. The summed E-state index contributed by atoms with van der Waals surface area (Å²) in [6.07, 6.45) is 11.6. The maximum Gasteiger partial charge on any atom is 0.0967 e. The van der Waals surface area contributed by atoms with Gasteiger partial charge in [-0.3, -0.25) is 0 Å². The van der Waals surface area contributed by atoms with Gasteiger partial charge in [0.05, 0.1) is 18.3 Å². The Bertz CT molecular complexity index is 415. The number of nitrogens with zero attached hydrogens (tertiary/aromatic N) is 4. The first-order chi connectivity index (χ1) is 10.7. The molecule has 1 aromatic rings. The van der Waals surface area contributed by atoms with Crippen LogP contribution in [0, 0.1) is 5.92 Å². The maximum absolute atomic E-state index is 9.94. The molecule has 1 atom stereocenters. The molecule has 1 unspecified atom stereocenters. The third-order valence-corrected chi connectivity index (χ3v) is 4.60. The van der Waals surface area contributed by atoms with E-state index in [0.29, 0.717) is 6.54 Å². The average molecular weight is 308 g/mol. The van der Waals surface area contributed by atoms with Crippen molar-refractivity contribution in [1.82, 2.24) is 19.9 Å². The number of aromatic nitrogens is 3. The van der Waals surface area contributed by atoms with Gasteiger partial charge >= 0.3 is 0 Å². The first kappa shape index (κ1) is 17.4. The predicted octanol–water partition coefficient (Wildman–Crippen LogP) is 2.84. The van der Waals surface area contributed by atoms with Crippen molar-refractivity contribution in [2.75, 3.05) is 13.6 Å². The molecule has 1 aliphatic rings. The van der Waals surface area contributed by atoms with E-state index in [1.54, 1.807) is 4.68 Å². The number of hydrogen-bond acceptors (Lipinski definition) is 4. The molecule has 0 aliphatic heterocycles. The van der Waals surface area contributed by atoms with Crippen LogP contribution in [0.4, 0.5) is 0 Å². The Hall–Kier alpha value is -0.940. The molecule has 5 nitrogen and oxygen atoms in total. The SMILES string of the molecule is CCCCC(O)Cn1cc(CN(C)CC2CCCCC2)nn1. The minimum Gasteiger partial charge on any atom is -0.391 e. The highest BCUT2D eigenvalue weighted by Crippen LogP contribution is 2.24. The minimum atomic E-state index is -0.311. The normalized spacial score (nSPS) is 18.0. The van der Waals surface area contributed by atoms with E-state index in [1.165, 1.54) is 32.1 Å². The zero-order chi connectivity index (χ0) is 15.8. The van der Waals surface area contributed by atoms with Crippen LogP contribution in [-0.4, -0.2) is 44.7 Å². The molecular weight excluding hydrogens is 276 g/mol. The number of unbranched alkanes of at least 4 members (excludes halogenated alkanes) is 1. The van der Waals surface area contributed by atoms with Gasteiger partial charge in [-0.2, -0.15) is 0 Å². The van der Waals surface area contributed by atoms with E-state index in [2.05, 4.69) is 29.2 Å². The van der Waals surface area contributed by atoms with Crippen LogP contribution in [0.5, 0.6) is 0 Å². The van der Waals surface area contributed by atoms with Gasteiger partial charge < -0.3 is 10.0 Å². The first-order valence-electron chi connectivity index (χ1n) is 8.93. The molecule has 1 N–H and O–H groups in total. The molecule has 0 bridgehead atoms. The van der Waals surface area contributed by atoms with Crippen molar-refractivity contribution in [1.29, 1.82) is 0 Å². The monoisotopic (exact) mass is 308 g/mol. The molecule has 126 valence electrons. The molecular formula is C17H32N4O. The standard InChI is InChI=1S/C17H32N4O/c1-3-4-10-17(22)14-21-13-16(18-19-21)12-20(2)11-15-8-6-5-7-9-15/h13,15,17,22H,3-12,14H2,1-2H3. The molecule has 0 radical (unpaired) electrons. The van der Waals surface area contributed by atoms with Crippen LogP contribution in [0.3, 0.4) is 0 Å². The molecule has 22 heavy (non-hydrogen) atoms. The van der Waals surface area contributed by atoms with Gasteiger partial charge in [0, 0.05) is 19.3 Å². The van der Waals surface area contributed by atoms with E-state index in [4.69, 9.17) is 0 Å². The molecule has 5 heteroatoms. The number of rotatable bonds is 9. The van der Waals surface area contributed by atoms with Crippen LogP contribution in [0.25, 0.3) is 0 Å². The lowest BCUT2D eigenvalue weighted by Crippen LogP contribution is -2.26. The Labute approximate surface area is 134 Å². The minimum absolute atomic E-state index is 0.311. The topological polar surface area (TPSA) is 54.2 Å². The van der Waals surface area contributed by atoms with Gasteiger partial charge in [-0.15, -0.1) is 5.10 Å². The molecule has 2 rings (SSSR count). The van der Waals surface area contributed by atoms with Crippen molar-refractivity contribution in [3.8, 4) is 0 Å². The van der Waals surface area contributed by atoms with E-state index < -0.39 is 0 Å². The highest BCUT2D eigenvalue weighted by atomic mass is 16.3. The number of hydrogen-bond donors (Lipinski definition) is 1. The summed E-state index contributed by atoms with van der Waals surface area (Å²) in [7, 11) is 2.17. The summed E-state index contributed by atoms with van der Waals surface area (Å²) in [4.78, 5) is 2.36. The van der Waals surface area contributed by atoms with Crippen molar-refractivity contribution >= 4 is 0 Å². The van der Waals surface area contributed by atoms with Crippen LogP contribution >= 0.6 is 0 Å². The number of aliphatic hydroxyl groups excluding tert-OH is 1. The van der Waals surface area contributed by atoms with E-state index in [-0.39, 0.29) is 6.10 Å². The van der Waals surface area contributed by atoms with Gasteiger partial charge in [0.25, 0.3) is 0 Å². The highest BCUT2D eigenvalue weighted by molar-refractivity contribution is 4.92. The summed E-state index contributed by atoms with van der Waals surface area (Å²) in [5.74, 6) is 0.852. The van der Waals surface area contributed by atoms with Gasteiger partial charge in [-0.25, -0.2) is 4.68 Å². The van der Waals surface area contributed by atoms with Crippen LogP contribution in [0.1, 0.15) is 64.0 Å². The van der Waals surface area contributed by atoms with Crippen LogP contribution in [-0.2, 0) is 13.1 Å². The lowest BCUT2D eigenvalue weighted by molar-refractivity contribution is 0.136. The second-order valence-electron chi connectivity index (χ2n) is 6.93. The van der Waals surface area contributed by atoms with Gasteiger partial charge in [-0.1, -0.05) is 44.2 Å². The first-order valence-corrected chi connectivity index (χ1v) is 8.93. The average Bonchev–Trinajstić information content (AvgIpc) is 2.93. The quantitative estimate of drug-likeness (QED) is 0.762. The van der Waals surface area contributed by atoms with Gasteiger partial charge in [0.15, 0.2) is 0 Å². The van der Waals surface area contributed by atoms with Gasteiger partial charge in [0.1, 0.15) is 0 Å². The maximum atomic E-state index is 9.94. The van der Waals surface area contributed by atoms with Crippen LogP contribution < -0.4 is 0 Å². The van der Waals surface area contributed by atoms with Crippen molar-refractivity contribution < 1.29 is 5.11 Å². The van der Waals surface area contributed by atoms with Gasteiger partial charge in [-0.05, 0) is 32.2 Å². The lowest BCUT2D eigenvalue weighted by Gasteiger charge is -2.26.